The van der Waals surface area contributed by atoms with Gasteiger partial charge in [-0.1, -0.05) is 35.9 Å². The van der Waals surface area contributed by atoms with Crippen LogP contribution in [-0.2, 0) is 13.0 Å². The Balaban J connectivity index is 1.95. The van der Waals surface area contributed by atoms with Crippen LogP contribution in [0.15, 0.2) is 24.3 Å². The second-order valence-electron chi connectivity index (χ2n) is 3.92. The van der Waals surface area contributed by atoms with Crippen molar-refractivity contribution in [1.29, 1.82) is 0 Å². The summed E-state index contributed by atoms with van der Waals surface area (Å²) in [4.78, 5) is 2.60. The van der Waals surface area contributed by atoms with Gasteiger partial charge in [0.1, 0.15) is 4.83 Å². The summed E-state index contributed by atoms with van der Waals surface area (Å²) in [5.41, 5.74) is 2.97. The standard InChI is InChI=1S/C11H12ClNS/c12-11-13-6-9-4-2-1-3-8(9)5-10(13)7-14-11/h1-4,10-11H,5-7H2/t10-,11?/m0/s1. The molecule has 0 spiro atoms. The van der Waals surface area contributed by atoms with Gasteiger partial charge in [-0.05, 0) is 17.5 Å². The fourth-order valence-corrected chi connectivity index (χ4v) is 3.86. The van der Waals surface area contributed by atoms with E-state index in [0.717, 1.165) is 6.54 Å². The van der Waals surface area contributed by atoms with Gasteiger partial charge in [0.25, 0.3) is 0 Å². The van der Waals surface area contributed by atoms with E-state index in [1.807, 2.05) is 11.8 Å². The maximum Gasteiger partial charge on any atom is 0.132 e. The van der Waals surface area contributed by atoms with E-state index in [1.165, 1.54) is 23.3 Å². The van der Waals surface area contributed by atoms with Crippen molar-refractivity contribution in [1.82, 2.24) is 4.90 Å². The van der Waals surface area contributed by atoms with Crippen LogP contribution in [0, 0.1) is 0 Å². The number of benzene rings is 1. The number of rotatable bonds is 0. The van der Waals surface area contributed by atoms with E-state index in [-0.39, 0.29) is 4.83 Å². The van der Waals surface area contributed by atoms with Crippen LogP contribution in [0.5, 0.6) is 0 Å². The van der Waals surface area contributed by atoms with E-state index in [9.17, 15) is 0 Å². The topological polar surface area (TPSA) is 3.24 Å². The zero-order valence-corrected chi connectivity index (χ0v) is 9.39. The second-order valence-corrected chi connectivity index (χ2v) is 5.71. The first-order chi connectivity index (χ1) is 6.84. The number of fused-ring (bicyclic) bond motifs is 2. The molecule has 0 aliphatic carbocycles. The molecule has 1 unspecified atom stereocenters. The second kappa shape index (κ2) is 3.44. The van der Waals surface area contributed by atoms with E-state index >= 15 is 0 Å². The Morgan fingerprint density at radius 1 is 1.29 bits per heavy atom. The lowest BCUT2D eigenvalue weighted by Gasteiger charge is -2.32. The Morgan fingerprint density at radius 2 is 2.07 bits per heavy atom. The molecule has 14 heavy (non-hydrogen) atoms. The highest BCUT2D eigenvalue weighted by Crippen LogP contribution is 2.37. The first-order valence-electron chi connectivity index (χ1n) is 4.93. The average molecular weight is 226 g/mol. The van der Waals surface area contributed by atoms with Gasteiger partial charge in [0.2, 0.25) is 0 Å². The molecule has 2 heterocycles. The van der Waals surface area contributed by atoms with Gasteiger partial charge in [0.15, 0.2) is 0 Å². The molecule has 74 valence electrons. The third kappa shape index (κ3) is 1.37. The Bertz CT molecular complexity index is 355. The van der Waals surface area contributed by atoms with Crippen LogP contribution in [0.3, 0.4) is 0 Å². The van der Waals surface area contributed by atoms with Gasteiger partial charge in [0, 0.05) is 18.3 Å². The molecular formula is C11H12ClNS. The van der Waals surface area contributed by atoms with Gasteiger partial charge in [0.05, 0.1) is 0 Å². The maximum absolute atomic E-state index is 6.24. The monoisotopic (exact) mass is 225 g/mol. The SMILES string of the molecule is ClC1SC[C@@H]2Cc3ccccc3CN12. The lowest BCUT2D eigenvalue weighted by molar-refractivity contribution is 0.222. The van der Waals surface area contributed by atoms with Crippen LogP contribution in [0.2, 0.25) is 0 Å². The molecule has 1 aromatic rings. The van der Waals surface area contributed by atoms with Crippen LogP contribution >= 0.6 is 23.4 Å². The number of halogens is 1. The molecule has 0 saturated carbocycles. The fraction of sp³-hybridized carbons (Fsp3) is 0.455. The Kier molecular flexibility index (Phi) is 2.23. The lowest BCUT2D eigenvalue weighted by Crippen LogP contribution is -2.39. The molecule has 1 nitrogen and oxygen atoms in total. The largest absolute Gasteiger partial charge is 0.271 e. The first kappa shape index (κ1) is 9.08. The minimum atomic E-state index is 0.188. The predicted molar refractivity (Wildman–Crippen MR) is 61.6 cm³/mol. The lowest BCUT2D eigenvalue weighted by atomic mass is 9.95. The summed E-state index contributed by atoms with van der Waals surface area (Å²) in [6, 6.07) is 9.38. The van der Waals surface area contributed by atoms with Crippen molar-refractivity contribution < 1.29 is 0 Å². The number of nitrogens with zero attached hydrogens (tertiary/aromatic N) is 1. The van der Waals surface area contributed by atoms with Gasteiger partial charge >= 0.3 is 0 Å². The summed E-state index contributed by atoms with van der Waals surface area (Å²) in [6.07, 6.45) is 1.17. The van der Waals surface area contributed by atoms with Gasteiger partial charge < -0.3 is 0 Å². The van der Waals surface area contributed by atoms with Crippen molar-refractivity contribution in [3.63, 3.8) is 0 Å². The number of hydrogen-bond donors (Lipinski definition) is 0. The van der Waals surface area contributed by atoms with Crippen LogP contribution in [0.25, 0.3) is 0 Å². The van der Waals surface area contributed by atoms with E-state index in [1.54, 1.807) is 0 Å². The summed E-state index contributed by atoms with van der Waals surface area (Å²) in [6.45, 7) is 1.03. The number of alkyl halides is 1. The summed E-state index contributed by atoms with van der Waals surface area (Å²) < 4.78 is 0. The summed E-state index contributed by atoms with van der Waals surface area (Å²) in [5.74, 6) is 1.18. The fourth-order valence-electron chi connectivity index (χ4n) is 2.29. The highest BCUT2D eigenvalue weighted by Gasteiger charge is 2.35. The molecule has 2 aliphatic heterocycles. The van der Waals surface area contributed by atoms with Crippen molar-refractivity contribution in [3.8, 4) is 0 Å². The zero-order valence-electron chi connectivity index (χ0n) is 7.82. The zero-order chi connectivity index (χ0) is 9.54. The smallest absolute Gasteiger partial charge is 0.132 e. The molecule has 3 rings (SSSR count). The molecule has 0 bridgehead atoms. The van der Waals surface area contributed by atoms with Crippen LogP contribution in [0.1, 0.15) is 11.1 Å². The van der Waals surface area contributed by atoms with E-state index in [0.29, 0.717) is 6.04 Å². The highest BCUT2D eigenvalue weighted by atomic mass is 35.5. The normalized spacial score (nSPS) is 31.2. The van der Waals surface area contributed by atoms with Crippen molar-refractivity contribution in [2.24, 2.45) is 0 Å². The minimum absolute atomic E-state index is 0.188. The molecule has 0 radical (unpaired) electrons. The molecule has 3 heteroatoms. The molecule has 0 N–H and O–H groups in total. The predicted octanol–water partition coefficient (Wildman–Crippen LogP) is 2.68. The number of thioether (sulfide) groups is 1. The Labute approximate surface area is 93.4 Å². The molecule has 1 fully saturated rings. The molecule has 0 aromatic heterocycles. The van der Waals surface area contributed by atoms with Crippen molar-refractivity contribution in [3.05, 3.63) is 35.4 Å². The van der Waals surface area contributed by atoms with Gasteiger partial charge in [-0.25, -0.2) is 0 Å². The van der Waals surface area contributed by atoms with Crippen LogP contribution < -0.4 is 0 Å². The van der Waals surface area contributed by atoms with E-state index in [4.69, 9.17) is 11.6 Å². The molecule has 0 amide bonds. The van der Waals surface area contributed by atoms with E-state index in [2.05, 4.69) is 29.2 Å². The van der Waals surface area contributed by atoms with Gasteiger partial charge in [-0.3, -0.25) is 4.90 Å². The average Bonchev–Trinajstić information content (AvgIpc) is 2.57. The molecule has 2 atom stereocenters. The third-order valence-electron chi connectivity index (χ3n) is 3.08. The van der Waals surface area contributed by atoms with Crippen molar-refractivity contribution >= 4 is 23.4 Å². The summed E-state index contributed by atoms with van der Waals surface area (Å²) >= 11 is 8.11. The van der Waals surface area contributed by atoms with Crippen LogP contribution in [-0.4, -0.2) is 21.5 Å². The molecule has 2 aliphatic rings. The maximum atomic E-state index is 6.24. The minimum Gasteiger partial charge on any atom is -0.271 e. The van der Waals surface area contributed by atoms with Gasteiger partial charge in [-0.15, -0.1) is 11.8 Å². The van der Waals surface area contributed by atoms with Crippen molar-refractivity contribution in [2.75, 3.05) is 5.75 Å². The molecule has 1 saturated heterocycles. The third-order valence-corrected chi connectivity index (χ3v) is 4.83. The summed E-state index contributed by atoms with van der Waals surface area (Å²) in [7, 11) is 0. The van der Waals surface area contributed by atoms with Gasteiger partial charge in [-0.2, -0.15) is 0 Å². The summed E-state index contributed by atoms with van der Waals surface area (Å²) in [5, 5.41) is 0. The highest BCUT2D eigenvalue weighted by molar-refractivity contribution is 8.01. The quantitative estimate of drug-likeness (QED) is 0.494. The molecule has 1 aromatic carbocycles. The van der Waals surface area contributed by atoms with Crippen LogP contribution in [0.4, 0.5) is 0 Å². The Morgan fingerprint density at radius 3 is 2.93 bits per heavy atom. The number of hydrogen-bond acceptors (Lipinski definition) is 2. The first-order valence-corrected chi connectivity index (χ1v) is 6.41. The van der Waals surface area contributed by atoms with Crippen molar-refractivity contribution in [2.45, 2.75) is 23.8 Å². The Hall–Kier alpha value is -0.180. The van der Waals surface area contributed by atoms with E-state index < -0.39 is 0 Å². The molecular weight excluding hydrogens is 214 g/mol.